The van der Waals surface area contributed by atoms with E-state index in [2.05, 4.69) is 5.32 Å². The lowest BCUT2D eigenvalue weighted by Gasteiger charge is -2.32. The van der Waals surface area contributed by atoms with Crippen molar-refractivity contribution in [2.75, 3.05) is 12.0 Å². The molecule has 1 atom stereocenters. The summed E-state index contributed by atoms with van der Waals surface area (Å²) < 4.78 is 22.5. The van der Waals surface area contributed by atoms with Crippen LogP contribution in [0.1, 0.15) is 46.5 Å². The lowest BCUT2D eigenvalue weighted by atomic mass is 9.78. The Morgan fingerprint density at radius 3 is 2.05 bits per heavy atom. The molecule has 0 heterocycles. The number of carbonyl (C=O) groups is 1. The summed E-state index contributed by atoms with van der Waals surface area (Å²) in [6.07, 6.45) is 3.87. The van der Waals surface area contributed by atoms with Crippen LogP contribution in [0.2, 0.25) is 0 Å². The SMILES string of the molecule is CCCC(CCC)(C(=O)NC(C)CS(C)(=O)=O)C(N)=S. The van der Waals surface area contributed by atoms with Crippen molar-refractivity contribution >= 4 is 33.0 Å². The van der Waals surface area contributed by atoms with Crippen LogP contribution >= 0.6 is 12.2 Å². The fourth-order valence-corrected chi connectivity index (χ4v) is 3.71. The molecule has 1 amide bonds. The van der Waals surface area contributed by atoms with E-state index in [0.29, 0.717) is 12.8 Å². The Bertz CT molecular complexity index is 441. The number of hydrogen-bond donors (Lipinski definition) is 2. The third-order valence-corrected chi connectivity index (χ3v) is 4.69. The number of nitrogens with one attached hydrogen (secondary N) is 1. The Morgan fingerprint density at radius 1 is 1.30 bits per heavy atom. The third kappa shape index (κ3) is 5.75. The molecule has 118 valence electrons. The predicted octanol–water partition coefficient (Wildman–Crippen LogP) is 1.41. The van der Waals surface area contributed by atoms with E-state index in [0.717, 1.165) is 19.1 Å². The molecule has 5 nitrogen and oxygen atoms in total. The second kappa shape index (κ2) is 7.93. The second-order valence-electron chi connectivity index (χ2n) is 5.41. The van der Waals surface area contributed by atoms with Crippen LogP contribution in [0.4, 0.5) is 0 Å². The molecular weight excluding hydrogens is 296 g/mol. The van der Waals surface area contributed by atoms with Gasteiger partial charge in [0.2, 0.25) is 5.91 Å². The molecule has 7 heteroatoms. The zero-order chi connectivity index (χ0) is 16.0. The normalized spacial score (nSPS) is 13.8. The molecule has 1 unspecified atom stereocenters. The van der Waals surface area contributed by atoms with Gasteiger partial charge in [0.05, 0.1) is 16.2 Å². The topological polar surface area (TPSA) is 89.3 Å². The van der Waals surface area contributed by atoms with Crippen LogP contribution < -0.4 is 11.1 Å². The molecule has 0 aromatic heterocycles. The summed E-state index contributed by atoms with van der Waals surface area (Å²) in [7, 11) is -3.14. The van der Waals surface area contributed by atoms with Crippen molar-refractivity contribution in [1.29, 1.82) is 0 Å². The summed E-state index contributed by atoms with van der Waals surface area (Å²) in [6, 6.07) is -0.458. The van der Waals surface area contributed by atoms with Crippen molar-refractivity contribution in [1.82, 2.24) is 5.32 Å². The number of carbonyl (C=O) groups excluding carboxylic acids is 1. The highest BCUT2D eigenvalue weighted by Crippen LogP contribution is 2.31. The first-order valence-electron chi connectivity index (χ1n) is 6.87. The first-order valence-corrected chi connectivity index (χ1v) is 9.34. The fourth-order valence-electron chi connectivity index (χ4n) is 2.42. The molecule has 0 saturated carbocycles. The number of rotatable bonds is 9. The summed E-state index contributed by atoms with van der Waals surface area (Å²) >= 11 is 5.10. The maximum Gasteiger partial charge on any atom is 0.233 e. The summed E-state index contributed by atoms with van der Waals surface area (Å²) in [4.78, 5) is 12.7. The Hall–Kier alpha value is -0.690. The van der Waals surface area contributed by atoms with E-state index in [1.165, 1.54) is 0 Å². The largest absolute Gasteiger partial charge is 0.392 e. The summed E-state index contributed by atoms with van der Waals surface area (Å²) in [5.41, 5.74) is 4.93. The van der Waals surface area contributed by atoms with E-state index in [1.807, 2.05) is 13.8 Å². The molecule has 20 heavy (non-hydrogen) atoms. The van der Waals surface area contributed by atoms with Gasteiger partial charge < -0.3 is 11.1 Å². The molecular formula is C13H26N2O3S2. The Morgan fingerprint density at radius 2 is 1.75 bits per heavy atom. The highest BCUT2D eigenvalue weighted by Gasteiger charge is 2.40. The van der Waals surface area contributed by atoms with Crippen molar-refractivity contribution in [2.45, 2.75) is 52.5 Å². The first-order chi connectivity index (χ1) is 9.09. The highest BCUT2D eigenvalue weighted by atomic mass is 32.2. The second-order valence-corrected chi connectivity index (χ2v) is 8.04. The van der Waals surface area contributed by atoms with Crippen LogP contribution in [0.5, 0.6) is 0 Å². The average Bonchev–Trinajstić information content (AvgIpc) is 2.25. The number of amides is 1. The Balaban J connectivity index is 5.09. The smallest absolute Gasteiger partial charge is 0.233 e. The molecule has 0 aliphatic carbocycles. The number of sulfone groups is 1. The molecule has 0 spiro atoms. The van der Waals surface area contributed by atoms with Crippen LogP contribution in [0.25, 0.3) is 0 Å². The predicted molar refractivity (Wildman–Crippen MR) is 86.3 cm³/mol. The van der Waals surface area contributed by atoms with Crippen molar-refractivity contribution in [3.05, 3.63) is 0 Å². The Kier molecular flexibility index (Phi) is 7.65. The minimum absolute atomic E-state index is 0.0929. The van der Waals surface area contributed by atoms with Crippen molar-refractivity contribution < 1.29 is 13.2 Å². The zero-order valence-corrected chi connectivity index (χ0v) is 14.4. The highest BCUT2D eigenvalue weighted by molar-refractivity contribution is 7.90. The molecule has 0 aromatic carbocycles. The lowest BCUT2D eigenvalue weighted by molar-refractivity contribution is -0.128. The number of thiocarbonyl (C=S) groups is 1. The molecule has 0 fully saturated rings. The number of nitrogens with two attached hydrogens (primary N) is 1. The van der Waals surface area contributed by atoms with Crippen molar-refractivity contribution in [2.24, 2.45) is 11.1 Å². The van der Waals surface area contributed by atoms with E-state index in [4.69, 9.17) is 18.0 Å². The minimum atomic E-state index is -3.14. The van der Waals surface area contributed by atoms with E-state index in [-0.39, 0.29) is 16.6 Å². The van der Waals surface area contributed by atoms with Gasteiger partial charge in [0.1, 0.15) is 9.84 Å². The van der Waals surface area contributed by atoms with Gasteiger partial charge in [-0.3, -0.25) is 4.79 Å². The van der Waals surface area contributed by atoms with Gasteiger partial charge in [0, 0.05) is 12.3 Å². The average molecular weight is 322 g/mol. The van der Waals surface area contributed by atoms with Crippen LogP contribution in [-0.2, 0) is 14.6 Å². The van der Waals surface area contributed by atoms with Gasteiger partial charge in [-0.25, -0.2) is 8.42 Å². The maximum absolute atomic E-state index is 12.5. The Labute approximate surface area is 127 Å². The van der Waals surface area contributed by atoms with E-state index in [9.17, 15) is 13.2 Å². The minimum Gasteiger partial charge on any atom is -0.392 e. The fraction of sp³-hybridized carbons (Fsp3) is 0.846. The van der Waals surface area contributed by atoms with Crippen LogP contribution in [0.15, 0.2) is 0 Å². The molecule has 0 bridgehead atoms. The van der Waals surface area contributed by atoms with Crippen LogP contribution in [-0.4, -0.2) is 37.4 Å². The van der Waals surface area contributed by atoms with Crippen molar-refractivity contribution in [3.8, 4) is 0 Å². The molecule has 0 aliphatic rings. The van der Waals surface area contributed by atoms with Gasteiger partial charge >= 0.3 is 0 Å². The van der Waals surface area contributed by atoms with E-state index < -0.39 is 21.3 Å². The van der Waals surface area contributed by atoms with Gasteiger partial charge in [-0.15, -0.1) is 0 Å². The monoisotopic (exact) mass is 322 g/mol. The van der Waals surface area contributed by atoms with Gasteiger partial charge in [-0.05, 0) is 19.8 Å². The first kappa shape index (κ1) is 19.3. The lowest BCUT2D eigenvalue weighted by Crippen LogP contribution is -2.52. The van der Waals surface area contributed by atoms with Gasteiger partial charge in [-0.2, -0.15) is 0 Å². The molecule has 0 radical (unpaired) electrons. The molecule has 3 N–H and O–H groups in total. The van der Waals surface area contributed by atoms with E-state index >= 15 is 0 Å². The molecule has 0 aliphatic heterocycles. The van der Waals surface area contributed by atoms with Crippen molar-refractivity contribution in [3.63, 3.8) is 0 Å². The van der Waals surface area contributed by atoms with E-state index in [1.54, 1.807) is 6.92 Å². The van der Waals surface area contributed by atoms with Gasteiger partial charge in [0.25, 0.3) is 0 Å². The summed E-state index contributed by atoms with van der Waals surface area (Å²) in [5, 5.41) is 2.74. The van der Waals surface area contributed by atoms with Crippen LogP contribution in [0, 0.1) is 5.41 Å². The summed E-state index contributed by atoms with van der Waals surface area (Å²) in [5.74, 6) is -0.352. The third-order valence-electron chi connectivity index (χ3n) is 3.19. The molecule has 0 saturated heterocycles. The number of hydrogen-bond acceptors (Lipinski definition) is 4. The van der Waals surface area contributed by atoms with Crippen LogP contribution in [0.3, 0.4) is 0 Å². The molecule has 0 aromatic rings. The zero-order valence-electron chi connectivity index (χ0n) is 12.7. The maximum atomic E-state index is 12.5. The quantitative estimate of drug-likeness (QED) is 0.627. The molecule has 0 rings (SSSR count). The van der Waals surface area contributed by atoms with Gasteiger partial charge in [0.15, 0.2) is 0 Å². The summed E-state index contributed by atoms with van der Waals surface area (Å²) in [6.45, 7) is 5.60. The van der Waals surface area contributed by atoms with Gasteiger partial charge in [-0.1, -0.05) is 38.9 Å². The standard InChI is InChI=1S/C13H26N2O3S2/c1-5-7-13(8-6-2,11(14)19)12(16)15-10(3)9-20(4,17)18/h10H,5-9H2,1-4H3,(H2,14,19)(H,15,16).